The van der Waals surface area contributed by atoms with Gasteiger partial charge in [-0.15, -0.1) is 11.3 Å². The Hall–Kier alpha value is -2.51. The fraction of sp³-hybridized carbons (Fsp3) is 0.381. The Balaban J connectivity index is 1.59. The molecule has 3 aromatic rings. The van der Waals surface area contributed by atoms with Crippen LogP contribution in [0.5, 0.6) is 0 Å². The van der Waals surface area contributed by atoms with Crippen molar-refractivity contribution < 1.29 is 4.79 Å². The van der Waals surface area contributed by atoms with Crippen LogP contribution in [0.1, 0.15) is 27.3 Å². The molecule has 1 aliphatic rings. The van der Waals surface area contributed by atoms with Gasteiger partial charge in [0.15, 0.2) is 0 Å². The maximum Gasteiger partial charge on any atom is 0.228 e. The summed E-state index contributed by atoms with van der Waals surface area (Å²) in [5, 5.41) is 4.37. The second-order valence-electron chi connectivity index (χ2n) is 7.25. The van der Waals surface area contributed by atoms with Gasteiger partial charge in [0.05, 0.1) is 17.1 Å². The lowest BCUT2D eigenvalue weighted by Crippen LogP contribution is -2.49. The third-order valence-electron chi connectivity index (χ3n) is 5.16. The first-order valence-corrected chi connectivity index (χ1v) is 10.4. The Bertz CT molecular complexity index is 975. The number of imidazole rings is 1. The van der Waals surface area contributed by atoms with E-state index in [4.69, 9.17) is 4.98 Å². The molecule has 1 unspecified atom stereocenters. The Labute approximate surface area is 169 Å². The van der Waals surface area contributed by atoms with Gasteiger partial charge in [0.25, 0.3) is 0 Å². The average Bonchev–Trinajstić information content (AvgIpc) is 3.27. The van der Waals surface area contributed by atoms with Crippen LogP contribution < -0.4 is 5.32 Å². The van der Waals surface area contributed by atoms with Crippen LogP contribution in [0.2, 0.25) is 0 Å². The van der Waals surface area contributed by atoms with Gasteiger partial charge in [-0.2, -0.15) is 0 Å². The number of amides is 1. The first kappa shape index (κ1) is 18.8. The van der Waals surface area contributed by atoms with Crippen molar-refractivity contribution in [3.05, 3.63) is 57.9 Å². The first-order valence-electron chi connectivity index (χ1n) is 9.53. The number of hydrogen-bond donors (Lipinski definition) is 1. The molecular formula is C21H25N5OS. The summed E-state index contributed by atoms with van der Waals surface area (Å²) in [6, 6.07) is 8.29. The van der Waals surface area contributed by atoms with Crippen LogP contribution in [0, 0.1) is 13.8 Å². The number of carbonyl (C=O) groups excluding carboxylic acids is 1. The number of benzene rings is 1. The number of aryl methyl sites for hydroxylation is 3. The number of aromatic nitrogens is 3. The van der Waals surface area contributed by atoms with Crippen molar-refractivity contribution in [3.8, 4) is 11.3 Å². The SMILES string of the molecule is Cc1ccc(-c2nc(C)sc2CC(=O)N2CCNCC2c2nccn2C)cc1. The van der Waals surface area contributed by atoms with Gasteiger partial charge in [0.2, 0.25) is 5.91 Å². The van der Waals surface area contributed by atoms with Gasteiger partial charge < -0.3 is 14.8 Å². The summed E-state index contributed by atoms with van der Waals surface area (Å²) >= 11 is 1.61. The van der Waals surface area contributed by atoms with E-state index in [1.54, 1.807) is 17.5 Å². The molecule has 4 rings (SSSR count). The minimum Gasteiger partial charge on any atom is -0.336 e. The number of piperazine rings is 1. The van der Waals surface area contributed by atoms with Crippen molar-refractivity contribution in [2.45, 2.75) is 26.3 Å². The standard InChI is InChI=1S/C21H25N5OS/c1-14-4-6-16(7-5-14)20-18(28-15(2)24-20)12-19(27)26-11-8-22-13-17(26)21-23-9-10-25(21)3/h4-7,9-10,17,22H,8,11-13H2,1-3H3. The summed E-state index contributed by atoms with van der Waals surface area (Å²) in [5.74, 6) is 1.05. The lowest BCUT2D eigenvalue weighted by Gasteiger charge is -2.35. The van der Waals surface area contributed by atoms with Crippen molar-refractivity contribution in [2.24, 2.45) is 7.05 Å². The molecule has 0 saturated carbocycles. The van der Waals surface area contributed by atoms with E-state index in [0.29, 0.717) is 13.0 Å². The summed E-state index contributed by atoms with van der Waals surface area (Å²) < 4.78 is 1.99. The van der Waals surface area contributed by atoms with Crippen molar-refractivity contribution in [1.82, 2.24) is 24.8 Å². The molecule has 1 N–H and O–H groups in total. The maximum absolute atomic E-state index is 13.3. The third kappa shape index (κ3) is 3.72. The molecule has 1 aromatic carbocycles. The zero-order chi connectivity index (χ0) is 19.7. The van der Waals surface area contributed by atoms with E-state index in [-0.39, 0.29) is 11.9 Å². The van der Waals surface area contributed by atoms with Gasteiger partial charge in [-0.3, -0.25) is 4.79 Å². The number of nitrogens with one attached hydrogen (secondary N) is 1. The molecule has 1 saturated heterocycles. The molecule has 3 heterocycles. The highest BCUT2D eigenvalue weighted by Gasteiger charge is 2.31. The second kappa shape index (κ2) is 7.85. The summed E-state index contributed by atoms with van der Waals surface area (Å²) in [6.45, 7) is 6.29. The van der Waals surface area contributed by atoms with E-state index in [0.717, 1.165) is 40.1 Å². The topological polar surface area (TPSA) is 63.1 Å². The van der Waals surface area contributed by atoms with Crippen molar-refractivity contribution in [3.63, 3.8) is 0 Å². The Morgan fingerprint density at radius 1 is 1.29 bits per heavy atom. The van der Waals surface area contributed by atoms with Crippen LogP contribution in [0.15, 0.2) is 36.7 Å². The normalized spacial score (nSPS) is 17.1. The first-order chi connectivity index (χ1) is 13.5. The smallest absolute Gasteiger partial charge is 0.228 e. The highest BCUT2D eigenvalue weighted by Crippen LogP contribution is 2.30. The van der Waals surface area contributed by atoms with Gasteiger partial charge in [0.1, 0.15) is 11.9 Å². The fourth-order valence-corrected chi connectivity index (χ4v) is 4.65. The molecule has 7 heteroatoms. The van der Waals surface area contributed by atoms with Gasteiger partial charge in [0, 0.05) is 49.5 Å². The molecule has 28 heavy (non-hydrogen) atoms. The number of rotatable bonds is 4. The summed E-state index contributed by atoms with van der Waals surface area (Å²) in [6.07, 6.45) is 4.08. The van der Waals surface area contributed by atoms with E-state index in [1.807, 2.05) is 29.6 Å². The van der Waals surface area contributed by atoms with Crippen LogP contribution in [0.3, 0.4) is 0 Å². The molecule has 2 aromatic heterocycles. The molecule has 0 aliphatic carbocycles. The summed E-state index contributed by atoms with van der Waals surface area (Å²) in [7, 11) is 1.97. The monoisotopic (exact) mass is 395 g/mol. The third-order valence-corrected chi connectivity index (χ3v) is 6.13. The predicted octanol–water partition coefficient (Wildman–Crippen LogP) is 2.88. The molecule has 0 radical (unpaired) electrons. The second-order valence-corrected chi connectivity index (χ2v) is 8.54. The van der Waals surface area contributed by atoms with Gasteiger partial charge >= 0.3 is 0 Å². The zero-order valence-electron chi connectivity index (χ0n) is 16.5. The van der Waals surface area contributed by atoms with Crippen molar-refractivity contribution in [1.29, 1.82) is 0 Å². The molecule has 0 bridgehead atoms. The van der Waals surface area contributed by atoms with Crippen LogP contribution in [-0.4, -0.2) is 45.0 Å². The fourth-order valence-electron chi connectivity index (χ4n) is 3.70. The Kier molecular flexibility index (Phi) is 5.28. The number of thiazole rings is 1. The quantitative estimate of drug-likeness (QED) is 0.738. The molecule has 1 aliphatic heterocycles. The van der Waals surface area contributed by atoms with E-state index < -0.39 is 0 Å². The van der Waals surface area contributed by atoms with Crippen LogP contribution in [-0.2, 0) is 18.3 Å². The number of hydrogen-bond acceptors (Lipinski definition) is 5. The van der Waals surface area contributed by atoms with E-state index in [2.05, 4.69) is 41.5 Å². The van der Waals surface area contributed by atoms with Crippen molar-refractivity contribution in [2.75, 3.05) is 19.6 Å². The van der Waals surface area contributed by atoms with Crippen LogP contribution in [0.25, 0.3) is 11.3 Å². The van der Waals surface area contributed by atoms with E-state index in [9.17, 15) is 4.79 Å². The molecule has 1 atom stereocenters. The number of nitrogens with zero attached hydrogens (tertiary/aromatic N) is 4. The molecule has 6 nitrogen and oxygen atoms in total. The van der Waals surface area contributed by atoms with Crippen molar-refractivity contribution >= 4 is 17.2 Å². The largest absolute Gasteiger partial charge is 0.336 e. The average molecular weight is 396 g/mol. The van der Waals surface area contributed by atoms with E-state index in [1.165, 1.54) is 5.56 Å². The molecule has 146 valence electrons. The van der Waals surface area contributed by atoms with Crippen LogP contribution in [0.4, 0.5) is 0 Å². The summed E-state index contributed by atoms with van der Waals surface area (Å²) in [5.41, 5.74) is 3.21. The van der Waals surface area contributed by atoms with Gasteiger partial charge in [-0.25, -0.2) is 9.97 Å². The van der Waals surface area contributed by atoms with Gasteiger partial charge in [-0.1, -0.05) is 29.8 Å². The highest BCUT2D eigenvalue weighted by atomic mass is 32.1. The molecule has 1 fully saturated rings. The lowest BCUT2D eigenvalue weighted by atomic mass is 10.1. The lowest BCUT2D eigenvalue weighted by molar-refractivity contribution is -0.134. The zero-order valence-corrected chi connectivity index (χ0v) is 17.3. The predicted molar refractivity (Wildman–Crippen MR) is 111 cm³/mol. The maximum atomic E-state index is 13.3. The van der Waals surface area contributed by atoms with Gasteiger partial charge in [-0.05, 0) is 13.8 Å². The summed E-state index contributed by atoms with van der Waals surface area (Å²) in [4.78, 5) is 25.5. The Morgan fingerprint density at radius 2 is 2.07 bits per heavy atom. The Morgan fingerprint density at radius 3 is 2.79 bits per heavy atom. The van der Waals surface area contributed by atoms with Crippen LogP contribution >= 0.6 is 11.3 Å². The highest BCUT2D eigenvalue weighted by molar-refractivity contribution is 7.12. The molecule has 0 spiro atoms. The van der Waals surface area contributed by atoms with E-state index >= 15 is 0 Å². The molecular weight excluding hydrogens is 370 g/mol. The minimum atomic E-state index is -0.0434. The molecule has 1 amide bonds. The number of carbonyl (C=O) groups is 1. The minimum absolute atomic E-state index is 0.0434.